The Hall–Kier alpha value is -1.67. The van der Waals surface area contributed by atoms with Crippen LogP contribution in [0.1, 0.15) is 37.3 Å². The number of nitrogens with one attached hydrogen (secondary N) is 1. The van der Waals surface area contributed by atoms with Crippen molar-refractivity contribution in [3.8, 4) is 0 Å². The third-order valence-corrected chi connectivity index (χ3v) is 3.84. The summed E-state index contributed by atoms with van der Waals surface area (Å²) in [6, 6.07) is 15.6. The average Bonchev–Trinajstić information content (AvgIpc) is 2.56. The molecule has 1 atom stereocenters. The van der Waals surface area contributed by atoms with Crippen molar-refractivity contribution >= 4 is 0 Å². The van der Waals surface area contributed by atoms with E-state index in [0.717, 1.165) is 19.4 Å². The number of pyridine rings is 1. The second-order valence-electron chi connectivity index (χ2n) is 5.57. The van der Waals surface area contributed by atoms with Gasteiger partial charge in [0, 0.05) is 18.4 Å². The molecule has 1 unspecified atom stereocenters. The Morgan fingerprint density at radius 3 is 2.14 bits per heavy atom. The highest BCUT2D eigenvalue weighted by molar-refractivity contribution is 5.15. The zero-order valence-corrected chi connectivity index (χ0v) is 13.0. The molecule has 0 radical (unpaired) electrons. The van der Waals surface area contributed by atoms with Crippen LogP contribution in [-0.2, 0) is 12.8 Å². The summed E-state index contributed by atoms with van der Waals surface area (Å²) >= 11 is 0. The lowest BCUT2D eigenvalue weighted by atomic mass is 9.99. The molecule has 0 aliphatic carbocycles. The van der Waals surface area contributed by atoms with E-state index in [-0.39, 0.29) is 0 Å². The van der Waals surface area contributed by atoms with E-state index < -0.39 is 0 Å². The first kappa shape index (κ1) is 15.7. The average molecular weight is 282 g/mol. The van der Waals surface area contributed by atoms with E-state index in [2.05, 4.69) is 59.7 Å². The van der Waals surface area contributed by atoms with Gasteiger partial charge in [-0.3, -0.25) is 4.98 Å². The number of benzene rings is 1. The molecule has 112 valence electrons. The van der Waals surface area contributed by atoms with Gasteiger partial charge in [0.25, 0.3) is 0 Å². The molecule has 2 nitrogen and oxygen atoms in total. The molecule has 1 aromatic carbocycles. The van der Waals surface area contributed by atoms with E-state index in [1.165, 1.54) is 30.4 Å². The molecule has 2 heteroatoms. The lowest BCUT2D eigenvalue weighted by Crippen LogP contribution is -2.30. The van der Waals surface area contributed by atoms with Crippen molar-refractivity contribution in [3.63, 3.8) is 0 Å². The van der Waals surface area contributed by atoms with Crippen molar-refractivity contribution in [1.82, 2.24) is 10.3 Å². The zero-order chi connectivity index (χ0) is 14.8. The fourth-order valence-electron chi connectivity index (χ4n) is 2.57. The summed E-state index contributed by atoms with van der Waals surface area (Å²) in [5, 5.41) is 3.69. The van der Waals surface area contributed by atoms with E-state index in [9.17, 15) is 0 Å². The van der Waals surface area contributed by atoms with Crippen molar-refractivity contribution in [2.75, 3.05) is 6.54 Å². The highest BCUT2D eigenvalue weighted by atomic mass is 14.9. The molecule has 0 bridgehead atoms. The van der Waals surface area contributed by atoms with Crippen LogP contribution in [-0.4, -0.2) is 17.6 Å². The first-order valence-electron chi connectivity index (χ1n) is 8.04. The van der Waals surface area contributed by atoms with Crippen molar-refractivity contribution in [1.29, 1.82) is 0 Å². The molecular weight excluding hydrogens is 256 g/mol. The minimum Gasteiger partial charge on any atom is -0.314 e. The van der Waals surface area contributed by atoms with Gasteiger partial charge >= 0.3 is 0 Å². The molecule has 1 aromatic heterocycles. The zero-order valence-electron chi connectivity index (χ0n) is 13.0. The molecule has 0 aliphatic heterocycles. The van der Waals surface area contributed by atoms with Gasteiger partial charge < -0.3 is 5.32 Å². The fraction of sp³-hybridized carbons (Fsp3) is 0.421. The molecule has 0 saturated carbocycles. The van der Waals surface area contributed by atoms with Crippen LogP contribution in [0.3, 0.4) is 0 Å². The molecule has 0 fully saturated rings. The van der Waals surface area contributed by atoms with Crippen LogP contribution < -0.4 is 5.32 Å². The van der Waals surface area contributed by atoms with E-state index in [1.54, 1.807) is 0 Å². The smallest absolute Gasteiger partial charge is 0.0270 e. The van der Waals surface area contributed by atoms with E-state index in [1.807, 2.05) is 12.4 Å². The molecule has 0 spiro atoms. The van der Waals surface area contributed by atoms with Crippen LogP contribution in [0.15, 0.2) is 54.9 Å². The molecule has 1 N–H and O–H groups in total. The van der Waals surface area contributed by atoms with E-state index >= 15 is 0 Å². The topological polar surface area (TPSA) is 24.9 Å². The van der Waals surface area contributed by atoms with Crippen LogP contribution in [0.25, 0.3) is 0 Å². The van der Waals surface area contributed by atoms with Crippen LogP contribution in [0, 0.1) is 0 Å². The molecule has 1 heterocycles. The molecule has 0 aliphatic rings. The lowest BCUT2D eigenvalue weighted by molar-refractivity contribution is 0.453. The predicted octanol–water partition coefficient (Wildman–Crippen LogP) is 4.02. The van der Waals surface area contributed by atoms with Gasteiger partial charge in [0.1, 0.15) is 0 Å². The van der Waals surface area contributed by atoms with Crippen molar-refractivity contribution in [2.45, 2.75) is 45.1 Å². The standard InChI is InChI=1S/C19H26N2/c1-2-14-21-19(10-8-17-6-4-3-5-7-17)11-9-18-12-15-20-16-13-18/h3-7,12-13,15-16,19,21H,2,8-11,14H2,1H3. The summed E-state index contributed by atoms with van der Waals surface area (Å²) in [6.45, 7) is 3.33. The summed E-state index contributed by atoms with van der Waals surface area (Å²) in [7, 11) is 0. The third kappa shape index (κ3) is 6.09. The molecule has 0 saturated heterocycles. The highest BCUT2D eigenvalue weighted by Gasteiger charge is 2.08. The van der Waals surface area contributed by atoms with Crippen LogP contribution in [0.5, 0.6) is 0 Å². The van der Waals surface area contributed by atoms with Crippen LogP contribution in [0.4, 0.5) is 0 Å². The minimum absolute atomic E-state index is 0.596. The van der Waals surface area contributed by atoms with Crippen LogP contribution >= 0.6 is 0 Å². The van der Waals surface area contributed by atoms with Gasteiger partial charge in [0.2, 0.25) is 0 Å². The fourth-order valence-corrected chi connectivity index (χ4v) is 2.57. The van der Waals surface area contributed by atoms with Crippen molar-refractivity contribution in [2.24, 2.45) is 0 Å². The maximum Gasteiger partial charge on any atom is 0.0270 e. The first-order chi connectivity index (χ1) is 10.4. The van der Waals surface area contributed by atoms with E-state index in [0.29, 0.717) is 6.04 Å². The first-order valence-corrected chi connectivity index (χ1v) is 8.04. The summed E-state index contributed by atoms with van der Waals surface area (Å²) in [5.41, 5.74) is 2.82. The van der Waals surface area contributed by atoms with Gasteiger partial charge in [-0.2, -0.15) is 0 Å². The third-order valence-electron chi connectivity index (χ3n) is 3.84. The number of aromatic nitrogens is 1. The van der Waals surface area contributed by atoms with Gasteiger partial charge in [-0.1, -0.05) is 37.3 Å². The second kappa shape index (κ2) is 9.30. The Bertz CT molecular complexity index is 438. The van der Waals surface area contributed by atoms with Gasteiger partial charge in [-0.05, 0) is 61.9 Å². The summed E-state index contributed by atoms with van der Waals surface area (Å²) < 4.78 is 0. The molecule has 0 amide bonds. The molecule has 2 rings (SSSR count). The number of aryl methyl sites for hydroxylation is 2. The molecule has 2 aromatic rings. The Labute approximate surface area is 128 Å². The Kier molecular flexibility index (Phi) is 6.96. The summed E-state index contributed by atoms with van der Waals surface area (Å²) in [6.07, 6.45) is 9.63. The lowest BCUT2D eigenvalue weighted by Gasteiger charge is -2.18. The van der Waals surface area contributed by atoms with Gasteiger partial charge in [0.05, 0.1) is 0 Å². The quantitative estimate of drug-likeness (QED) is 0.751. The number of hydrogen-bond acceptors (Lipinski definition) is 2. The monoisotopic (exact) mass is 282 g/mol. The van der Waals surface area contributed by atoms with Gasteiger partial charge in [0.15, 0.2) is 0 Å². The number of nitrogens with zero attached hydrogens (tertiary/aromatic N) is 1. The largest absolute Gasteiger partial charge is 0.314 e. The van der Waals surface area contributed by atoms with E-state index in [4.69, 9.17) is 0 Å². The Balaban J connectivity index is 1.82. The summed E-state index contributed by atoms with van der Waals surface area (Å²) in [5.74, 6) is 0. The molecule has 21 heavy (non-hydrogen) atoms. The SMILES string of the molecule is CCCNC(CCc1ccccc1)CCc1ccncc1. The van der Waals surface area contributed by atoms with Crippen molar-refractivity contribution in [3.05, 3.63) is 66.0 Å². The van der Waals surface area contributed by atoms with Crippen LogP contribution in [0.2, 0.25) is 0 Å². The minimum atomic E-state index is 0.596. The Morgan fingerprint density at radius 2 is 1.52 bits per heavy atom. The predicted molar refractivity (Wildman–Crippen MR) is 89.4 cm³/mol. The molecular formula is C19H26N2. The van der Waals surface area contributed by atoms with Gasteiger partial charge in [-0.15, -0.1) is 0 Å². The normalized spacial score (nSPS) is 12.2. The highest BCUT2D eigenvalue weighted by Crippen LogP contribution is 2.11. The van der Waals surface area contributed by atoms with Crippen molar-refractivity contribution < 1.29 is 0 Å². The summed E-state index contributed by atoms with van der Waals surface area (Å²) in [4.78, 5) is 4.08. The Morgan fingerprint density at radius 1 is 0.905 bits per heavy atom. The maximum absolute atomic E-state index is 4.08. The second-order valence-corrected chi connectivity index (χ2v) is 5.57. The number of rotatable bonds is 9. The van der Waals surface area contributed by atoms with Gasteiger partial charge in [-0.25, -0.2) is 0 Å². The number of hydrogen-bond donors (Lipinski definition) is 1. The maximum atomic E-state index is 4.08.